The number of hydrogen-bond donors (Lipinski definition) is 0. The molecule has 0 atom stereocenters. The van der Waals surface area contributed by atoms with Crippen LogP contribution in [0.15, 0.2) is 36.4 Å². The summed E-state index contributed by atoms with van der Waals surface area (Å²) in [5.74, 6) is -1.85. The Balaban J connectivity index is 2.35. The predicted octanol–water partition coefficient (Wildman–Crippen LogP) is 4.80. The fourth-order valence-corrected chi connectivity index (χ4v) is 1.90. The van der Waals surface area contributed by atoms with Gasteiger partial charge < -0.3 is 4.74 Å². The van der Waals surface area contributed by atoms with E-state index in [4.69, 9.17) is 0 Å². The van der Waals surface area contributed by atoms with Crippen LogP contribution in [0.2, 0.25) is 0 Å². The summed E-state index contributed by atoms with van der Waals surface area (Å²) in [5.41, 5.74) is 0.776. The zero-order valence-corrected chi connectivity index (χ0v) is 10.7. The van der Waals surface area contributed by atoms with Gasteiger partial charge in [-0.2, -0.15) is 8.78 Å². The van der Waals surface area contributed by atoms with E-state index in [1.807, 2.05) is 0 Å². The summed E-state index contributed by atoms with van der Waals surface area (Å²) in [6.45, 7) is -1.19. The van der Waals surface area contributed by atoms with Crippen molar-refractivity contribution in [3.05, 3.63) is 53.6 Å². The lowest BCUT2D eigenvalue weighted by Crippen LogP contribution is -2.01. The molecule has 106 valence electrons. The molecular formula is C15H12F4O. The van der Waals surface area contributed by atoms with Gasteiger partial charge in [0.25, 0.3) is 0 Å². The normalized spacial score (nSPS) is 10.9. The van der Waals surface area contributed by atoms with Crippen LogP contribution in [-0.4, -0.2) is 6.61 Å². The highest BCUT2D eigenvalue weighted by Crippen LogP contribution is 2.28. The Kier molecular flexibility index (Phi) is 4.27. The standard InChI is InChI=1S/C15H12F4O/c1-2-9-5-8-12(14(17)13(9)16)10-3-6-11(7-4-10)20-15(18)19/h3-8,15H,2H2,1H3. The SMILES string of the molecule is CCc1ccc(-c2ccc(OC(F)F)cc2)c(F)c1F. The Labute approximate surface area is 113 Å². The fraction of sp³-hybridized carbons (Fsp3) is 0.200. The molecule has 0 saturated heterocycles. The molecule has 0 aromatic heterocycles. The van der Waals surface area contributed by atoms with E-state index in [2.05, 4.69) is 4.74 Å². The van der Waals surface area contributed by atoms with E-state index in [-0.39, 0.29) is 11.3 Å². The van der Waals surface area contributed by atoms with Crippen molar-refractivity contribution >= 4 is 0 Å². The zero-order chi connectivity index (χ0) is 14.7. The molecule has 0 saturated carbocycles. The third-order valence-corrected chi connectivity index (χ3v) is 2.93. The molecule has 2 aromatic carbocycles. The zero-order valence-electron chi connectivity index (χ0n) is 10.7. The molecule has 0 amide bonds. The highest BCUT2D eigenvalue weighted by atomic mass is 19.3. The van der Waals surface area contributed by atoms with Crippen molar-refractivity contribution in [2.24, 2.45) is 0 Å². The molecule has 0 aliphatic carbocycles. The minimum Gasteiger partial charge on any atom is -0.435 e. The first kappa shape index (κ1) is 14.4. The van der Waals surface area contributed by atoms with Gasteiger partial charge in [0.05, 0.1) is 0 Å². The van der Waals surface area contributed by atoms with Gasteiger partial charge in [0.2, 0.25) is 0 Å². The van der Waals surface area contributed by atoms with Gasteiger partial charge >= 0.3 is 6.61 Å². The third-order valence-electron chi connectivity index (χ3n) is 2.93. The maximum Gasteiger partial charge on any atom is 0.387 e. The van der Waals surface area contributed by atoms with E-state index in [9.17, 15) is 17.6 Å². The minimum atomic E-state index is -2.92. The lowest BCUT2D eigenvalue weighted by Gasteiger charge is -2.09. The van der Waals surface area contributed by atoms with E-state index in [0.29, 0.717) is 17.5 Å². The van der Waals surface area contributed by atoms with Crippen molar-refractivity contribution in [1.29, 1.82) is 0 Å². The van der Waals surface area contributed by atoms with E-state index >= 15 is 0 Å². The van der Waals surface area contributed by atoms with Crippen LogP contribution in [0.3, 0.4) is 0 Å². The summed E-state index contributed by atoms with van der Waals surface area (Å²) in [5, 5.41) is 0. The molecule has 0 aliphatic rings. The van der Waals surface area contributed by atoms with Gasteiger partial charge in [-0.15, -0.1) is 0 Å². The molecule has 0 fully saturated rings. The Morgan fingerprint density at radius 3 is 2.15 bits per heavy atom. The van der Waals surface area contributed by atoms with Crippen LogP contribution >= 0.6 is 0 Å². The summed E-state index contributed by atoms with van der Waals surface area (Å²) in [7, 11) is 0. The monoisotopic (exact) mass is 284 g/mol. The first-order valence-electron chi connectivity index (χ1n) is 6.05. The Bertz CT molecular complexity index is 594. The number of ether oxygens (including phenoxy) is 1. The summed E-state index contributed by atoms with van der Waals surface area (Å²) in [4.78, 5) is 0. The summed E-state index contributed by atoms with van der Waals surface area (Å²) in [6, 6.07) is 8.36. The highest BCUT2D eigenvalue weighted by molar-refractivity contribution is 5.65. The second kappa shape index (κ2) is 5.94. The number of rotatable bonds is 4. The van der Waals surface area contributed by atoms with Crippen molar-refractivity contribution < 1.29 is 22.3 Å². The smallest absolute Gasteiger partial charge is 0.387 e. The largest absolute Gasteiger partial charge is 0.435 e. The average Bonchev–Trinajstić information content (AvgIpc) is 2.42. The first-order valence-corrected chi connectivity index (χ1v) is 6.05. The maximum absolute atomic E-state index is 13.9. The molecule has 2 aromatic rings. The van der Waals surface area contributed by atoms with Crippen molar-refractivity contribution in [3.63, 3.8) is 0 Å². The number of hydrogen-bond acceptors (Lipinski definition) is 1. The number of halogens is 4. The molecule has 0 radical (unpaired) electrons. The van der Waals surface area contributed by atoms with E-state index in [0.717, 1.165) is 0 Å². The van der Waals surface area contributed by atoms with Crippen LogP contribution in [-0.2, 0) is 6.42 Å². The molecule has 0 spiro atoms. The van der Waals surface area contributed by atoms with Crippen molar-refractivity contribution in [3.8, 4) is 16.9 Å². The van der Waals surface area contributed by atoms with E-state index in [1.54, 1.807) is 6.92 Å². The minimum absolute atomic E-state index is 0.0326. The lowest BCUT2D eigenvalue weighted by molar-refractivity contribution is -0.0498. The van der Waals surface area contributed by atoms with E-state index in [1.165, 1.54) is 36.4 Å². The van der Waals surface area contributed by atoms with Crippen LogP contribution in [0.1, 0.15) is 12.5 Å². The van der Waals surface area contributed by atoms with E-state index < -0.39 is 18.2 Å². The van der Waals surface area contributed by atoms with Crippen LogP contribution in [0.5, 0.6) is 5.75 Å². The molecule has 5 heteroatoms. The number of benzene rings is 2. The second-order valence-corrected chi connectivity index (χ2v) is 4.16. The maximum atomic E-state index is 13.9. The Morgan fingerprint density at radius 1 is 0.950 bits per heavy atom. The molecule has 0 unspecified atom stereocenters. The van der Waals surface area contributed by atoms with Gasteiger partial charge in [0.15, 0.2) is 11.6 Å². The summed E-state index contributed by atoms with van der Waals surface area (Å²) >= 11 is 0. The van der Waals surface area contributed by atoms with Gasteiger partial charge in [0.1, 0.15) is 5.75 Å². The predicted molar refractivity (Wildman–Crippen MR) is 67.8 cm³/mol. The summed E-state index contributed by atoms with van der Waals surface area (Å²) in [6.07, 6.45) is 0.393. The van der Waals surface area contributed by atoms with Gasteiger partial charge in [-0.25, -0.2) is 8.78 Å². The summed E-state index contributed by atoms with van der Waals surface area (Å²) < 4.78 is 55.8. The lowest BCUT2D eigenvalue weighted by atomic mass is 10.0. The van der Waals surface area contributed by atoms with Gasteiger partial charge in [0, 0.05) is 5.56 Å². The molecule has 20 heavy (non-hydrogen) atoms. The quantitative estimate of drug-likeness (QED) is 0.733. The molecule has 0 N–H and O–H groups in total. The highest BCUT2D eigenvalue weighted by Gasteiger charge is 2.14. The topological polar surface area (TPSA) is 9.23 Å². The second-order valence-electron chi connectivity index (χ2n) is 4.16. The molecule has 0 bridgehead atoms. The number of aryl methyl sites for hydroxylation is 1. The third kappa shape index (κ3) is 2.92. The van der Waals surface area contributed by atoms with Crippen LogP contribution < -0.4 is 4.74 Å². The molecule has 1 nitrogen and oxygen atoms in total. The van der Waals surface area contributed by atoms with Gasteiger partial charge in [-0.1, -0.05) is 31.2 Å². The molecule has 0 heterocycles. The molecule has 0 aliphatic heterocycles. The van der Waals surface area contributed by atoms with Crippen molar-refractivity contribution in [2.75, 3.05) is 0 Å². The molecular weight excluding hydrogens is 272 g/mol. The van der Waals surface area contributed by atoms with Crippen LogP contribution in [0, 0.1) is 11.6 Å². The Morgan fingerprint density at radius 2 is 1.60 bits per heavy atom. The molecule has 2 rings (SSSR count). The Hall–Kier alpha value is -2.04. The van der Waals surface area contributed by atoms with Crippen LogP contribution in [0.4, 0.5) is 17.6 Å². The van der Waals surface area contributed by atoms with Crippen molar-refractivity contribution in [1.82, 2.24) is 0 Å². The van der Waals surface area contributed by atoms with Gasteiger partial charge in [-0.05, 0) is 29.7 Å². The van der Waals surface area contributed by atoms with Crippen molar-refractivity contribution in [2.45, 2.75) is 20.0 Å². The van der Waals surface area contributed by atoms with Crippen LogP contribution in [0.25, 0.3) is 11.1 Å². The van der Waals surface area contributed by atoms with Gasteiger partial charge in [-0.3, -0.25) is 0 Å². The number of alkyl halides is 2. The first-order chi connectivity index (χ1) is 9.52. The average molecular weight is 284 g/mol. The fourth-order valence-electron chi connectivity index (χ4n) is 1.90.